The third-order valence-corrected chi connectivity index (χ3v) is 4.57. The smallest absolute Gasteiger partial charge is 0.221 e. The quantitative estimate of drug-likeness (QED) is 0.762. The van der Waals surface area contributed by atoms with Gasteiger partial charge in [-0.1, -0.05) is 6.92 Å². The van der Waals surface area contributed by atoms with E-state index in [2.05, 4.69) is 5.32 Å². The van der Waals surface area contributed by atoms with Crippen molar-refractivity contribution in [3.63, 3.8) is 0 Å². The Labute approximate surface area is 97.2 Å². The van der Waals surface area contributed by atoms with Crippen LogP contribution in [0.2, 0.25) is 0 Å². The van der Waals surface area contributed by atoms with Gasteiger partial charge in [0.05, 0.1) is 5.75 Å². The second-order valence-corrected chi connectivity index (χ2v) is 6.11. The summed E-state index contributed by atoms with van der Waals surface area (Å²) in [5.41, 5.74) is 0. The predicted octanol–water partition coefficient (Wildman–Crippen LogP) is 0.328. The Kier molecular flexibility index (Phi) is 5.21. The van der Waals surface area contributed by atoms with Gasteiger partial charge in [0.1, 0.15) is 0 Å². The maximum Gasteiger partial charge on any atom is 0.221 e. The van der Waals surface area contributed by atoms with Crippen LogP contribution >= 0.6 is 0 Å². The molecule has 1 aliphatic rings. The van der Waals surface area contributed by atoms with Gasteiger partial charge in [0.2, 0.25) is 15.9 Å². The molecule has 1 saturated heterocycles. The summed E-state index contributed by atoms with van der Waals surface area (Å²) in [6.07, 6.45) is 2.80. The molecule has 0 spiro atoms. The van der Waals surface area contributed by atoms with E-state index in [0.29, 0.717) is 19.6 Å². The van der Waals surface area contributed by atoms with Gasteiger partial charge in [-0.2, -0.15) is 0 Å². The molecular weight excluding hydrogens is 228 g/mol. The maximum atomic E-state index is 11.6. The number of carbonyl (C=O) groups is 1. The summed E-state index contributed by atoms with van der Waals surface area (Å²) in [5, 5.41) is 2.74. The van der Waals surface area contributed by atoms with Gasteiger partial charge in [-0.15, -0.1) is 0 Å². The van der Waals surface area contributed by atoms with Crippen molar-refractivity contribution in [3.8, 4) is 0 Å². The zero-order valence-electron chi connectivity index (χ0n) is 9.74. The number of hydrogen-bond acceptors (Lipinski definition) is 3. The fourth-order valence-corrected chi connectivity index (χ4v) is 3.27. The molecule has 1 heterocycles. The lowest BCUT2D eigenvalue weighted by Crippen LogP contribution is -2.40. The molecule has 94 valence electrons. The third-order valence-electron chi connectivity index (χ3n) is 2.61. The predicted molar refractivity (Wildman–Crippen MR) is 62.5 cm³/mol. The monoisotopic (exact) mass is 248 g/mol. The highest BCUT2D eigenvalue weighted by Crippen LogP contribution is 2.13. The summed E-state index contributed by atoms with van der Waals surface area (Å²) >= 11 is 0. The maximum absolute atomic E-state index is 11.6. The Balaban J connectivity index is 2.33. The number of sulfonamides is 1. The number of nitrogens with zero attached hydrogens (tertiary/aromatic N) is 1. The van der Waals surface area contributed by atoms with Gasteiger partial charge in [0.15, 0.2) is 0 Å². The molecule has 1 aliphatic heterocycles. The first-order valence-corrected chi connectivity index (χ1v) is 7.41. The van der Waals surface area contributed by atoms with E-state index in [-0.39, 0.29) is 18.1 Å². The second-order valence-electron chi connectivity index (χ2n) is 4.02. The number of nitrogens with one attached hydrogen (secondary N) is 1. The molecule has 0 aromatic heterocycles. The second kappa shape index (κ2) is 6.20. The topological polar surface area (TPSA) is 66.5 Å². The first-order chi connectivity index (χ1) is 7.56. The summed E-state index contributed by atoms with van der Waals surface area (Å²) in [5.74, 6) is 0.159. The lowest BCUT2D eigenvalue weighted by atomic mass is 10.3. The first kappa shape index (κ1) is 13.4. The zero-order valence-corrected chi connectivity index (χ0v) is 10.6. The lowest BCUT2D eigenvalue weighted by Gasteiger charge is -2.25. The summed E-state index contributed by atoms with van der Waals surface area (Å²) in [6.45, 7) is 3.52. The standard InChI is InChI=1S/C10H20N2O3S/c1-2-6-11-10(13)5-8-12-7-3-4-9-16(12,14)15/h2-9H2,1H3,(H,11,13). The third kappa shape index (κ3) is 4.09. The molecule has 0 aromatic carbocycles. The van der Waals surface area contributed by atoms with Crippen molar-refractivity contribution < 1.29 is 13.2 Å². The highest BCUT2D eigenvalue weighted by atomic mass is 32.2. The molecule has 0 aromatic rings. The molecular formula is C10H20N2O3S. The molecule has 0 radical (unpaired) electrons. The number of hydrogen-bond donors (Lipinski definition) is 1. The Morgan fingerprint density at radius 3 is 2.75 bits per heavy atom. The Hall–Kier alpha value is -0.620. The Morgan fingerprint density at radius 2 is 2.12 bits per heavy atom. The van der Waals surface area contributed by atoms with Crippen molar-refractivity contribution in [3.05, 3.63) is 0 Å². The average molecular weight is 248 g/mol. The van der Waals surface area contributed by atoms with Crippen molar-refractivity contribution in [2.75, 3.05) is 25.4 Å². The average Bonchev–Trinajstić information content (AvgIpc) is 2.24. The SMILES string of the molecule is CCCNC(=O)CCN1CCCCS1(=O)=O. The molecule has 16 heavy (non-hydrogen) atoms. The molecule has 5 nitrogen and oxygen atoms in total. The van der Waals surface area contributed by atoms with Crippen molar-refractivity contribution in [2.45, 2.75) is 32.6 Å². The van der Waals surface area contributed by atoms with E-state index < -0.39 is 10.0 Å². The molecule has 0 atom stereocenters. The molecule has 0 saturated carbocycles. The van der Waals surface area contributed by atoms with Gasteiger partial charge >= 0.3 is 0 Å². The molecule has 1 N–H and O–H groups in total. The van der Waals surface area contributed by atoms with Crippen LogP contribution in [-0.4, -0.2) is 44.0 Å². The van der Waals surface area contributed by atoms with Crippen molar-refractivity contribution in [2.24, 2.45) is 0 Å². The van der Waals surface area contributed by atoms with E-state index in [1.165, 1.54) is 4.31 Å². The van der Waals surface area contributed by atoms with E-state index in [0.717, 1.165) is 19.3 Å². The van der Waals surface area contributed by atoms with Gasteiger partial charge < -0.3 is 5.32 Å². The van der Waals surface area contributed by atoms with E-state index in [1.807, 2.05) is 6.92 Å². The summed E-state index contributed by atoms with van der Waals surface area (Å²) in [6, 6.07) is 0. The summed E-state index contributed by atoms with van der Waals surface area (Å²) in [4.78, 5) is 11.3. The minimum atomic E-state index is -3.09. The minimum Gasteiger partial charge on any atom is -0.356 e. The molecule has 1 fully saturated rings. The summed E-state index contributed by atoms with van der Waals surface area (Å²) in [7, 11) is -3.09. The van der Waals surface area contributed by atoms with Crippen LogP contribution in [0.25, 0.3) is 0 Å². The van der Waals surface area contributed by atoms with Gasteiger partial charge in [-0.25, -0.2) is 12.7 Å². The normalized spacial score (nSPS) is 20.6. The molecule has 0 aliphatic carbocycles. The number of carbonyl (C=O) groups excluding carboxylic acids is 1. The fraction of sp³-hybridized carbons (Fsp3) is 0.900. The largest absolute Gasteiger partial charge is 0.356 e. The minimum absolute atomic E-state index is 0.0670. The van der Waals surface area contributed by atoms with Crippen LogP contribution in [-0.2, 0) is 14.8 Å². The van der Waals surface area contributed by atoms with Crippen LogP contribution in [0.15, 0.2) is 0 Å². The van der Waals surface area contributed by atoms with E-state index in [4.69, 9.17) is 0 Å². The van der Waals surface area contributed by atoms with Gasteiger partial charge in [0.25, 0.3) is 0 Å². The summed E-state index contributed by atoms with van der Waals surface area (Å²) < 4.78 is 24.6. The zero-order chi connectivity index (χ0) is 12.0. The lowest BCUT2D eigenvalue weighted by molar-refractivity contribution is -0.121. The van der Waals surface area contributed by atoms with E-state index in [9.17, 15) is 13.2 Å². The van der Waals surface area contributed by atoms with Crippen LogP contribution in [0.5, 0.6) is 0 Å². The van der Waals surface area contributed by atoms with Gasteiger partial charge in [-0.05, 0) is 19.3 Å². The van der Waals surface area contributed by atoms with Crippen molar-refractivity contribution >= 4 is 15.9 Å². The van der Waals surface area contributed by atoms with Crippen LogP contribution < -0.4 is 5.32 Å². The highest BCUT2D eigenvalue weighted by molar-refractivity contribution is 7.89. The molecule has 6 heteroatoms. The fourth-order valence-electron chi connectivity index (χ4n) is 1.67. The van der Waals surface area contributed by atoms with Crippen LogP contribution in [0.4, 0.5) is 0 Å². The van der Waals surface area contributed by atoms with Gasteiger partial charge in [-0.3, -0.25) is 4.79 Å². The van der Waals surface area contributed by atoms with Gasteiger partial charge in [0, 0.05) is 26.1 Å². The Morgan fingerprint density at radius 1 is 1.38 bits per heavy atom. The van der Waals surface area contributed by atoms with Crippen LogP contribution in [0.3, 0.4) is 0 Å². The molecule has 0 bridgehead atoms. The Bertz CT molecular complexity index is 327. The van der Waals surface area contributed by atoms with E-state index >= 15 is 0 Å². The number of rotatable bonds is 5. The highest BCUT2D eigenvalue weighted by Gasteiger charge is 2.25. The molecule has 1 rings (SSSR count). The van der Waals surface area contributed by atoms with E-state index in [1.54, 1.807) is 0 Å². The van der Waals surface area contributed by atoms with Crippen molar-refractivity contribution in [1.29, 1.82) is 0 Å². The van der Waals surface area contributed by atoms with Crippen LogP contribution in [0, 0.1) is 0 Å². The number of amides is 1. The van der Waals surface area contributed by atoms with Crippen LogP contribution in [0.1, 0.15) is 32.6 Å². The molecule has 1 amide bonds. The first-order valence-electron chi connectivity index (χ1n) is 5.81. The van der Waals surface area contributed by atoms with Crippen molar-refractivity contribution in [1.82, 2.24) is 9.62 Å². The molecule has 0 unspecified atom stereocenters.